The maximum Gasteiger partial charge on any atom is 0.0729 e. The van der Waals surface area contributed by atoms with Crippen LogP contribution in [0.1, 0.15) is 0 Å². The Morgan fingerprint density at radius 1 is 1.31 bits per heavy atom. The summed E-state index contributed by atoms with van der Waals surface area (Å²) in [6, 6.07) is 5.75. The van der Waals surface area contributed by atoms with E-state index in [2.05, 4.69) is 5.32 Å². The van der Waals surface area contributed by atoms with Crippen LogP contribution in [0.25, 0.3) is 0 Å². The highest BCUT2D eigenvalue weighted by Gasteiger charge is 2.18. The van der Waals surface area contributed by atoms with Gasteiger partial charge in [0.25, 0.3) is 0 Å². The van der Waals surface area contributed by atoms with Crippen LogP contribution in [0.5, 0.6) is 0 Å². The van der Waals surface area contributed by atoms with Crippen LogP contribution in [-0.2, 0) is 4.74 Å². The summed E-state index contributed by atoms with van der Waals surface area (Å²) in [4.78, 5) is 0. The van der Waals surface area contributed by atoms with Crippen LogP contribution in [0, 0.1) is 0 Å². The molecule has 4 heteroatoms. The Labute approximate surface area is 86.8 Å². The summed E-state index contributed by atoms with van der Waals surface area (Å²) in [5.41, 5.74) is 0.877. The number of nitrogens with one attached hydrogen (secondary N) is 1. The molecule has 13 heavy (non-hydrogen) atoms. The van der Waals surface area contributed by atoms with Crippen LogP contribution in [-0.4, -0.2) is 19.3 Å². The second kappa shape index (κ2) is 3.74. The molecule has 0 aromatic heterocycles. The highest BCUT2D eigenvalue weighted by atomic mass is 35.5. The predicted octanol–water partition coefficient (Wildman–Crippen LogP) is 2.80. The number of hydrogen-bond acceptors (Lipinski definition) is 2. The number of ether oxygens (including phenoxy) is 1. The summed E-state index contributed by atoms with van der Waals surface area (Å²) in [6.45, 7) is 1.48. The van der Waals surface area contributed by atoms with Crippen molar-refractivity contribution in [3.63, 3.8) is 0 Å². The molecule has 1 aliphatic rings. The number of rotatable bonds is 2. The summed E-state index contributed by atoms with van der Waals surface area (Å²) in [5, 5.41) is 4.62. The van der Waals surface area contributed by atoms with Gasteiger partial charge >= 0.3 is 0 Å². The van der Waals surface area contributed by atoms with Gasteiger partial charge in [-0.3, -0.25) is 0 Å². The van der Waals surface area contributed by atoms with Gasteiger partial charge in [0.2, 0.25) is 0 Å². The van der Waals surface area contributed by atoms with Gasteiger partial charge in [0.05, 0.1) is 30.0 Å². The van der Waals surface area contributed by atoms with Crippen molar-refractivity contribution < 1.29 is 4.74 Å². The zero-order valence-corrected chi connectivity index (χ0v) is 8.40. The van der Waals surface area contributed by atoms with Gasteiger partial charge in [-0.2, -0.15) is 0 Å². The SMILES string of the molecule is Clc1ccc(Cl)c(NC2COC2)c1. The van der Waals surface area contributed by atoms with Crippen LogP contribution in [0.3, 0.4) is 0 Å². The quantitative estimate of drug-likeness (QED) is 0.823. The first-order chi connectivity index (χ1) is 6.25. The van der Waals surface area contributed by atoms with Crippen LogP contribution in [0.2, 0.25) is 10.0 Å². The second-order valence-electron chi connectivity index (χ2n) is 3.00. The molecule has 1 aromatic carbocycles. The molecule has 0 spiro atoms. The molecular formula is C9H9Cl2NO. The summed E-state index contributed by atoms with van der Waals surface area (Å²) in [6.07, 6.45) is 0. The fourth-order valence-corrected chi connectivity index (χ4v) is 1.49. The molecule has 1 aliphatic heterocycles. The van der Waals surface area contributed by atoms with Crippen molar-refractivity contribution >= 4 is 28.9 Å². The van der Waals surface area contributed by atoms with Gasteiger partial charge in [0, 0.05) is 5.02 Å². The van der Waals surface area contributed by atoms with E-state index in [1.54, 1.807) is 12.1 Å². The fraction of sp³-hybridized carbons (Fsp3) is 0.333. The van der Waals surface area contributed by atoms with Gasteiger partial charge in [0.1, 0.15) is 0 Å². The monoisotopic (exact) mass is 217 g/mol. The third-order valence-electron chi connectivity index (χ3n) is 1.93. The lowest BCUT2D eigenvalue weighted by Crippen LogP contribution is -2.40. The highest BCUT2D eigenvalue weighted by molar-refractivity contribution is 6.35. The molecule has 0 aliphatic carbocycles. The van der Waals surface area contributed by atoms with Gasteiger partial charge in [-0.25, -0.2) is 0 Å². The van der Waals surface area contributed by atoms with Crippen LogP contribution >= 0.6 is 23.2 Å². The molecule has 70 valence electrons. The number of benzene rings is 1. The number of hydrogen-bond donors (Lipinski definition) is 1. The van der Waals surface area contributed by atoms with E-state index in [1.807, 2.05) is 6.07 Å². The van der Waals surface area contributed by atoms with Crippen LogP contribution in [0.4, 0.5) is 5.69 Å². The lowest BCUT2D eigenvalue weighted by molar-refractivity contribution is 0.0211. The minimum Gasteiger partial charge on any atom is -0.377 e. The zero-order valence-electron chi connectivity index (χ0n) is 6.89. The first-order valence-electron chi connectivity index (χ1n) is 4.05. The van der Waals surface area contributed by atoms with E-state index in [9.17, 15) is 0 Å². The van der Waals surface area contributed by atoms with E-state index in [1.165, 1.54) is 0 Å². The topological polar surface area (TPSA) is 21.3 Å². The third-order valence-corrected chi connectivity index (χ3v) is 2.49. The maximum absolute atomic E-state index is 5.96. The Hall–Kier alpha value is -0.440. The predicted molar refractivity (Wildman–Crippen MR) is 54.7 cm³/mol. The summed E-state index contributed by atoms with van der Waals surface area (Å²) < 4.78 is 5.04. The van der Waals surface area contributed by atoms with Crippen molar-refractivity contribution in [3.8, 4) is 0 Å². The Morgan fingerprint density at radius 3 is 2.69 bits per heavy atom. The van der Waals surface area contributed by atoms with Gasteiger partial charge in [-0.15, -0.1) is 0 Å². The van der Waals surface area contributed by atoms with Crippen LogP contribution < -0.4 is 5.32 Å². The van der Waals surface area contributed by atoms with Crippen molar-refractivity contribution in [1.29, 1.82) is 0 Å². The molecule has 0 bridgehead atoms. The van der Waals surface area contributed by atoms with E-state index in [-0.39, 0.29) is 0 Å². The Bertz CT molecular complexity index is 312. The standard InChI is InChI=1S/C9H9Cl2NO/c10-6-1-2-8(11)9(3-6)12-7-4-13-5-7/h1-3,7,12H,4-5H2. The van der Waals surface area contributed by atoms with Crippen LogP contribution in [0.15, 0.2) is 18.2 Å². The van der Waals surface area contributed by atoms with Gasteiger partial charge in [0.15, 0.2) is 0 Å². The van der Waals surface area contributed by atoms with E-state index in [0.717, 1.165) is 18.9 Å². The van der Waals surface area contributed by atoms with E-state index in [0.29, 0.717) is 16.1 Å². The van der Waals surface area contributed by atoms with Gasteiger partial charge < -0.3 is 10.1 Å². The molecular weight excluding hydrogens is 209 g/mol. The second-order valence-corrected chi connectivity index (χ2v) is 3.85. The zero-order chi connectivity index (χ0) is 9.26. The van der Waals surface area contributed by atoms with Crippen molar-refractivity contribution in [2.75, 3.05) is 18.5 Å². The molecule has 2 nitrogen and oxygen atoms in total. The molecule has 0 saturated carbocycles. The normalized spacial score (nSPS) is 16.8. The van der Waals surface area contributed by atoms with Crippen molar-refractivity contribution in [3.05, 3.63) is 28.2 Å². The Balaban J connectivity index is 2.13. The smallest absolute Gasteiger partial charge is 0.0729 e. The average Bonchev–Trinajstić information content (AvgIpc) is 2.03. The first-order valence-corrected chi connectivity index (χ1v) is 4.80. The minimum atomic E-state index is 0.371. The summed E-state index contributed by atoms with van der Waals surface area (Å²) in [7, 11) is 0. The van der Waals surface area contributed by atoms with Gasteiger partial charge in [-0.05, 0) is 18.2 Å². The molecule has 1 heterocycles. The number of anilines is 1. The average molecular weight is 218 g/mol. The lowest BCUT2D eigenvalue weighted by atomic mass is 10.2. The Kier molecular flexibility index (Phi) is 2.63. The minimum absolute atomic E-state index is 0.371. The highest BCUT2D eigenvalue weighted by Crippen LogP contribution is 2.26. The molecule has 1 fully saturated rings. The molecule has 1 N–H and O–H groups in total. The Morgan fingerprint density at radius 2 is 2.08 bits per heavy atom. The van der Waals surface area contributed by atoms with E-state index < -0.39 is 0 Å². The molecule has 0 unspecified atom stereocenters. The molecule has 0 amide bonds. The molecule has 1 saturated heterocycles. The van der Waals surface area contributed by atoms with E-state index >= 15 is 0 Å². The summed E-state index contributed by atoms with van der Waals surface area (Å²) >= 11 is 11.8. The van der Waals surface area contributed by atoms with Crippen molar-refractivity contribution in [1.82, 2.24) is 0 Å². The fourth-order valence-electron chi connectivity index (χ4n) is 1.15. The molecule has 1 aromatic rings. The molecule has 2 rings (SSSR count). The first kappa shape index (κ1) is 9.13. The maximum atomic E-state index is 5.96. The lowest BCUT2D eigenvalue weighted by Gasteiger charge is -2.28. The van der Waals surface area contributed by atoms with Crippen molar-refractivity contribution in [2.24, 2.45) is 0 Å². The largest absolute Gasteiger partial charge is 0.377 e. The number of halogens is 2. The van der Waals surface area contributed by atoms with Gasteiger partial charge in [-0.1, -0.05) is 23.2 Å². The molecule has 0 atom stereocenters. The summed E-state index contributed by atoms with van der Waals surface area (Å²) in [5.74, 6) is 0. The molecule has 0 radical (unpaired) electrons. The van der Waals surface area contributed by atoms with E-state index in [4.69, 9.17) is 27.9 Å². The third kappa shape index (κ3) is 2.08. The van der Waals surface area contributed by atoms with Crippen molar-refractivity contribution in [2.45, 2.75) is 6.04 Å².